The highest BCUT2D eigenvalue weighted by atomic mass is 16.6. The number of nitro groups is 1. The van der Waals surface area contributed by atoms with Crippen molar-refractivity contribution in [1.29, 1.82) is 0 Å². The zero-order chi connectivity index (χ0) is 12.4. The van der Waals surface area contributed by atoms with E-state index < -0.39 is 10.5 Å². The number of likely N-dealkylation sites (tertiary alicyclic amines) is 1. The number of carbonyl (C=O) groups is 1. The molecule has 1 fully saturated rings. The van der Waals surface area contributed by atoms with Gasteiger partial charge in [0.2, 0.25) is 5.91 Å². The molecule has 0 N–H and O–H groups in total. The Morgan fingerprint density at radius 1 is 1.41 bits per heavy atom. The van der Waals surface area contributed by atoms with Crippen molar-refractivity contribution in [1.82, 2.24) is 9.47 Å². The molecule has 0 spiro atoms. The summed E-state index contributed by atoms with van der Waals surface area (Å²) in [5.74, 6) is -0.182. The lowest BCUT2D eigenvalue weighted by atomic mass is 10.2. The first-order valence-electron chi connectivity index (χ1n) is 5.20. The third-order valence-corrected chi connectivity index (χ3v) is 2.69. The second-order valence-corrected chi connectivity index (χ2v) is 3.84. The Kier molecular flexibility index (Phi) is 2.90. The first-order chi connectivity index (χ1) is 8.08. The van der Waals surface area contributed by atoms with Crippen molar-refractivity contribution in [3.8, 4) is 0 Å². The van der Waals surface area contributed by atoms with Crippen molar-refractivity contribution in [2.45, 2.75) is 13.0 Å². The molecule has 1 aliphatic rings. The average Bonchev–Trinajstić information content (AvgIpc) is 2.18. The molecular formula is C10H11N3O4. The molecule has 7 nitrogen and oxygen atoms in total. The molecule has 0 atom stereocenters. The van der Waals surface area contributed by atoms with E-state index in [1.807, 2.05) is 0 Å². The standard InChI is InChI=1S/C10H11N3O4/c14-9-3-2-8(13(16)17)6-12(9)7-10(15)11-4-1-5-11/h2-3,6H,1,4-5,7H2. The molecule has 1 aromatic rings. The smallest absolute Gasteiger partial charge is 0.285 e. The molecule has 0 bridgehead atoms. The normalized spacial score (nSPS) is 14.2. The monoisotopic (exact) mass is 237 g/mol. The van der Waals surface area contributed by atoms with Crippen LogP contribution in [-0.4, -0.2) is 33.4 Å². The summed E-state index contributed by atoms with van der Waals surface area (Å²) in [6, 6.07) is 2.23. The Bertz CT molecular complexity index is 519. The van der Waals surface area contributed by atoms with Crippen LogP contribution < -0.4 is 5.56 Å². The van der Waals surface area contributed by atoms with Crippen molar-refractivity contribution in [2.24, 2.45) is 0 Å². The Morgan fingerprint density at radius 2 is 2.12 bits per heavy atom. The van der Waals surface area contributed by atoms with Crippen LogP contribution in [-0.2, 0) is 11.3 Å². The molecular weight excluding hydrogens is 226 g/mol. The zero-order valence-electron chi connectivity index (χ0n) is 9.04. The summed E-state index contributed by atoms with van der Waals surface area (Å²) >= 11 is 0. The van der Waals surface area contributed by atoms with E-state index in [4.69, 9.17) is 0 Å². The van der Waals surface area contributed by atoms with Gasteiger partial charge >= 0.3 is 0 Å². The van der Waals surface area contributed by atoms with Crippen LogP contribution in [0.3, 0.4) is 0 Å². The van der Waals surface area contributed by atoms with Gasteiger partial charge in [0.05, 0.1) is 11.1 Å². The zero-order valence-corrected chi connectivity index (χ0v) is 9.04. The number of hydrogen-bond donors (Lipinski definition) is 0. The Morgan fingerprint density at radius 3 is 2.65 bits per heavy atom. The topological polar surface area (TPSA) is 85.5 Å². The lowest BCUT2D eigenvalue weighted by Gasteiger charge is -2.30. The van der Waals surface area contributed by atoms with E-state index in [2.05, 4.69) is 0 Å². The van der Waals surface area contributed by atoms with Gasteiger partial charge in [0, 0.05) is 25.2 Å². The second-order valence-electron chi connectivity index (χ2n) is 3.84. The summed E-state index contributed by atoms with van der Waals surface area (Å²) in [6.45, 7) is 1.26. The number of aromatic nitrogens is 1. The molecule has 90 valence electrons. The highest BCUT2D eigenvalue weighted by molar-refractivity contribution is 5.76. The number of hydrogen-bond acceptors (Lipinski definition) is 4. The van der Waals surface area contributed by atoms with Gasteiger partial charge in [-0.3, -0.25) is 24.3 Å². The SMILES string of the molecule is O=C(Cn1cc([N+](=O)[O-])ccc1=O)N1CCC1. The molecule has 0 aliphatic carbocycles. The molecule has 1 saturated heterocycles. The summed E-state index contributed by atoms with van der Waals surface area (Å²) in [7, 11) is 0. The summed E-state index contributed by atoms with van der Waals surface area (Å²) in [5, 5.41) is 10.5. The molecule has 0 aromatic carbocycles. The molecule has 0 unspecified atom stereocenters. The lowest BCUT2D eigenvalue weighted by molar-refractivity contribution is -0.385. The first kappa shape index (κ1) is 11.3. The number of rotatable bonds is 3. The fourth-order valence-corrected chi connectivity index (χ4v) is 1.56. The predicted molar refractivity (Wildman–Crippen MR) is 58.6 cm³/mol. The van der Waals surface area contributed by atoms with Crippen molar-refractivity contribution >= 4 is 11.6 Å². The minimum atomic E-state index is -0.593. The number of amides is 1. The van der Waals surface area contributed by atoms with Gasteiger partial charge in [0.25, 0.3) is 11.2 Å². The molecule has 7 heteroatoms. The van der Waals surface area contributed by atoms with E-state index in [0.29, 0.717) is 13.1 Å². The molecule has 1 aliphatic heterocycles. The van der Waals surface area contributed by atoms with Crippen LogP contribution in [0.2, 0.25) is 0 Å². The third-order valence-electron chi connectivity index (χ3n) is 2.69. The van der Waals surface area contributed by atoms with Gasteiger partial charge in [-0.2, -0.15) is 0 Å². The van der Waals surface area contributed by atoms with Crippen molar-refractivity contribution in [3.63, 3.8) is 0 Å². The van der Waals surface area contributed by atoms with Crippen LogP contribution >= 0.6 is 0 Å². The van der Waals surface area contributed by atoms with E-state index in [1.54, 1.807) is 4.90 Å². The minimum absolute atomic E-state index is 0.138. The molecule has 0 saturated carbocycles. The molecule has 2 heterocycles. The van der Waals surface area contributed by atoms with E-state index in [9.17, 15) is 19.7 Å². The maximum Gasteiger partial charge on any atom is 0.285 e. The predicted octanol–water partition coefficient (Wildman–Crippen LogP) is -0.0112. The van der Waals surface area contributed by atoms with E-state index in [-0.39, 0.29) is 18.1 Å². The van der Waals surface area contributed by atoms with E-state index in [0.717, 1.165) is 29.3 Å². The van der Waals surface area contributed by atoms with Gasteiger partial charge in [-0.05, 0) is 6.42 Å². The Balaban J connectivity index is 2.19. The van der Waals surface area contributed by atoms with Crippen LogP contribution in [0.5, 0.6) is 0 Å². The van der Waals surface area contributed by atoms with Crippen molar-refractivity contribution < 1.29 is 9.72 Å². The van der Waals surface area contributed by atoms with Gasteiger partial charge in [-0.1, -0.05) is 0 Å². The highest BCUT2D eigenvalue weighted by Crippen LogP contribution is 2.09. The molecule has 17 heavy (non-hydrogen) atoms. The maximum atomic E-state index is 11.6. The molecule has 1 aromatic heterocycles. The van der Waals surface area contributed by atoms with Crippen LogP contribution in [0, 0.1) is 10.1 Å². The molecule has 1 amide bonds. The van der Waals surface area contributed by atoms with E-state index >= 15 is 0 Å². The van der Waals surface area contributed by atoms with Gasteiger partial charge in [-0.25, -0.2) is 0 Å². The third kappa shape index (κ3) is 2.32. The molecule has 2 rings (SSSR count). The summed E-state index contributed by atoms with van der Waals surface area (Å²) in [4.78, 5) is 34.6. The summed E-state index contributed by atoms with van der Waals surface area (Å²) in [5.41, 5.74) is -0.606. The highest BCUT2D eigenvalue weighted by Gasteiger charge is 2.21. The fourth-order valence-electron chi connectivity index (χ4n) is 1.56. The Hall–Kier alpha value is -2.18. The van der Waals surface area contributed by atoms with Gasteiger partial charge in [0.1, 0.15) is 6.54 Å². The van der Waals surface area contributed by atoms with Crippen molar-refractivity contribution in [2.75, 3.05) is 13.1 Å². The number of carbonyl (C=O) groups excluding carboxylic acids is 1. The van der Waals surface area contributed by atoms with Crippen molar-refractivity contribution in [3.05, 3.63) is 38.8 Å². The second kappa shape index (κ2) is 4.36. The number of pyridine rings is 1. The minimum Gasteiger partial charge on any atom is -0.341 e. The largest absolute Gasteiger partial charge is 0.341 e. The van der Waals surface area contributed by atoms with Crippen LogP contribution in [0.15, 0.2) is 23.1 Å². The van der Waals surface area contributed by atoms with Crippen LogP contribution in [0.1, 0.15) is 6.42 Å². The van der Waals surface area contributed by atoms with Gasteiger partial charge in [0.15, 0.2) is 0 Å². The number of nitrogens with zero attached hydrogens (tertiary/aromatic N) is 3. The quantitative estimate of drug-likeness (QED) is 0.546. The van der Waals surface area contributed by atoms with Crippen LogP contribution in [0.4, 0.5) is 5.69 Å². The summed E-state index contributed by atoms with van der Waals surface area (Å²) < 4.78 is 1.07. The van der Waals surface area contributed by atoms with Gasteiger partial charge < -0.3 is 4.90 Å². The van der Waals surface area contributed by atoms with Crippen LogP contribution in [0.25, 0.3) is 0 Å². The first-order valence-corrected chi connectivity index (χ1v) is 5.20. The average molecular weight is 237 g/mol. The Labute approximate surface area is 96.4 Å². The summed E-state index contributed by atoms with van der Waals surface area (Å²) in [6.07, 6.45) is 2.07. The van der Waals surface area contributed by atoms with Gasteiger partial charge in [-0.15, -0.1) is 0 Å². The molecule has 0 radical (unpaired) electrons. The lowest BCUT2D eigenvalue weighted by Crippen LogP contribution is -2.44. The maximum absolute atomic E-state index is 11.6. The van der Waals surface area contributed by atoms with E-state index in [1.165, 1.54) is 0 Å². The fraction of sp³-hybridized carbons (Fsp3) is 0.400.